The molecule has 0 aromatic heterocycles. The molecule has 0 atom stereocenters. The Bertz CT molecular complexity index is 399. The van der Waals surface area contributed by atoms with Crippen LogP contribution < -0.4 is 5.32 Å². The molecule has 0 unspecified atom stereocenters. The summed E-state index contributed by atoms with van der Waals surface area (Å²) >= 11 is 14.8. The predicted octanol–water partition coefficient (Wildman–Crippen LogP) is 4.63. The predicted molar refractivity (Wildman–Crippen MR) is 80.7 cm³/mol. The molecule has 0 saturated carbocycles. The minimum Gasteiger partial charge on any atom is -0.352 e. The molecule has 0 aliphatic heterocycles. The summed E-state index contributed by atoms with van der Waals surface area (Å²) in [6, 6.07) is 5.19. The molecule has 100 valence electrons. The zero-order valence-electron chi connectivity index (χ0n) is 10.0. The summed E-state index contributed by atoms with van der Waals surface area (Å²) in [6.07, 6.45) is 4.22. The van der Waals surface area contributed by atoms with E-state index in [2.05, 4.69) is 21.2 Å². The lowest BCUT2D eigenvalue weighted by molar-refractivity contribution is 0.0953. The molecule has 0 radical (unpaired) electrons. The smallest absolute Gasteiger partial charge is 0.251 e. The van der Waals surface area contributed by atoms with Crippen molar-refractivity contribution in [2.45, 2.75) is 25.7 Å². The van der Waals surface area contributed by atoms with Gasteiger partial charge in [0.25, 0.3) is 5.91 Å². The lowest BCUT2D eigenvalue weighted by Crippen LogP contribution is -2.24. The molecule has 0 aliphatic carbocycles. The minimum absolute atomic E-state index is 0.0817. The van der Waals surface area contributed by atoms with Crippen LogP contribution >= 0.6 is 39.1 Å². The van der Waals surface area contributed by atoms with Gasteiger partial charge in [-0.15, -0.1) is 11.6 Å². The third-order valence-corrected chi connectivity index (χ3v) is 4.03. The van der Waals surface area contributed by atoms with Crippen molar-refractivity contribution in [3.8, 4) is 0 Å². The summed E-state index contributed by atoms with van der Waals surface area (Å²) in [7, 11) is 0. The molecule has 1 rings (SSSR count). The SMILES string of the molecule is O=C(NCCCCCCCl)c1ccc(Br)c(Cl)c1. The van der Waals surface area contributed by atoms with Gasteiger partial charge in [0.1, 0.15) is 0 Å². The molecule has 0 bridgehead atoms. The summed E-state index contributed by atoms with van der Waals surface area (Å²) in [5, 5.41) is 3.42. The number of rotatable bonds is 7. The highest BCUT2D eigenvalue weighted by atomic mass is 79.9. The number of unbranched alkanes of at least 4 members (excludes halogenated alkanes) is 3. The first-order valence-corrected chi connectivity index (χ1v) is 7.65. The van der Waals surface area contributed by atoms with Gasteiger partial charge in [-0.1, -0.05) is 24.4 Å². The van der Waals surface area contributed by atoms with Gasteiger partial charge >= 0.3 is 0 Å². The van der Waals surface area contributed by atoms with Crippen molar-refractivity contribution in [2.75, 3.05) is 12.4 Å². The first kappa shape index (κ1) is 15.8. The fourth-order valence-corrected chi connectivity index (χ4v) is 2.13. The molecule has 5 heteroatoms. The van der Waals surface area contributed by atoms with E-state index in [0.717, 1.165) is 30.2 Å². The first-order valence-electron chi connectivity index (χ1n) is 5.94. The maximum absolute atomic E-state index is 11.8. The third-order valence-electron chi connectivity index (χ3n) is 2.53. The van der Waals surface area contributed by atoms with Crippen LogP contribution in [0.25, 0.3) is 0 Å². The molecule has 0 saturated heterocycles. The Morgan fingerprint density at radius 2 is 1.94 bits per heavy atom. The lowest BCUT2D eigenvalue weighted by atomic mass is 10.2. The fraction of sp³-hybridized carbons (Fsp3) is 0.462. The van der Waals surface area contributed by atoms with E-state index in [1.54, 1.807) is 18.2 Å². The van der Waals surface area contributed by atoms with Crippen LogP contribution in [0.5, 0.6) is 0 Å². The van der Waals surface area contributed by atoms with Crippen molar-refractivity contribution in [1.29, 1.82) is 0 Å². The van der Waals surface area contributed by atoms with Gasteiger partial charge in [-0.2, -0.15) is 0 Å². The van der Waals surface area contributed by atoms with E-state index in [-0.39, 0.29) is 5.91 Å². The Balaban J connectivity index is 2.30. The van der Waals surface area contributed by atoms with E-state index in [1.807, 2.05) is 0 Å². The largest absolute Gasteiger partial charge is 0.352 e. The highest BCUT2D eigenvalue weighted by Crippen LogP contribution is 2.23. The summed E-state index contributed by atoms with van der Waals surface area (Å²) in [4.78, 5) is 11.8. The van der Waals surface area contributed by atoms with Crippen LogP contribution in [0.4, 0.5) is 0 Å². The van der Waals surface area contributed by atoms with Gasteiger partial charge in [-0.05, 0) is 47.0 Å². The van der Waals surface area contributed by atoms with Crippen LogP contribution in [0.1, 0.15) is 36.0 Å². The van der Waals surface area contributed by atoms with E-state index in [0.29, 0.717) is 23.0 Å². The molecular weight excluding hydrogens is 337 g/mol. The Morgan fingerprint density at radius 1 is 1.22 bits per heavy atom. The Hall–Kier alpha value is -0.250. The van der Waals surface area contributed by atoms with Crippen molar-refractivity contribution in [3.63, 3.8) is 0 Å². The molecule has 0 aliphatic rings. The number of hydrogen-bond donors (Lipinski definition) is 1. The van der Waals surface area contributed by atoms with Gasteiger partial charge in [-0.3, -0.25) is 4.79 Å². The fourth-order valence-electron chi connectivity index (χ4n) is 1.51. The van der Waals surface area contributed by atoms with Gasteiger partial charge in [0.2, 0.25) is 0 Å². The number of hydrogen-bond acceptors (Lipinski definition) is 1. The zero-order valence-corrected chi connectivity index (χ0v) is 13.1. The maximum Gasteiger partial charge on any atom is 0.251 e. The molecule has 18 heavy (non-hydrogen) atoms. The van der Waals surface area contributed by atoms with Crippen LogP contribution in [0.15, 0.2) is 22.7 Å². The highest BCUT2D eigenvalue weighted by Gasteiger charge is 2.06. The molecule has 0 fully saturated rings. The molecule has 0 spiro atoms. The highest BCUT2D eigenvalue weighted by molar-refractivity contribution is 9.10. The van der Waals surface area contributed by atoms with E-state index in [1.165, 1.54) is 0 Å². The second-order valence-corrected chi connectivity index (χ2v) is 5.63. The van der Waals surface area contributed by atoms with Gasteiger partial charge in [0, 0.05) is 22.5 Å². The number of carbonyl (C=O) groups is 1. The van der Waals surface area contributed by atoms with Crippen molar-refractivity contribution in [1.82, 2.24) is 5.32 Å². The second kappa shape index (κ2) is 8.78. The van der Waals surface area contributed by atoms with Crippen LogP contribution in [-0.4, -0.2) is 18.3 Å². The zero-order chi connectivity index (χ0) is 13.4. The quantitative estimate of drug-likeness (QED) is 0.562. The van der Waals surface area contributed by atoms with Crippen LogP contribution in [0.3, 0.4) is 0 Å². The summed E-state index contributed by atoms with van der Waals surface area (Å²) in [5.41, 5.74) is 0.587. The summed E-state index contributed by atoms with van der Waals surface area (Å²) in [6.45, 7) is 0.689. The molecule has 1 N–H and O–H groups in total. The van der Waals surface area contributed by atoms with E-state index < -0.39 is 0 Å². The number of halogens is 3. The number of alkyl halides is 1. The third kappa shape index (κ3) is 5.59. The van der Waals surface area contributed by atoms with Crippen LogP contribution in [-0.2, 0) is 0 Å². The molecule has 1 aromatic rings. The number of nitrogens with one attached hydrogen (secondary N) is 1. The number of benzene rings is 1. The standard InChI is InChI=1S/C13H16BrCl2NO/c14-11-6-5-10(9-12(11)16)13(18)17-8-4-2-1-3-7-15/h5-6,9H,1-4,7-8H2,(H,17,18). The van der Waals surface area contributed by atoms with Gasteiger partial charge in [-0.25, -0.2) is 0 Å². The average molecular weight is 353 g/mol. The van der Waals surface area contributed by atoms with E-state index >= 15 is 0 Å². The first-order chi connectivity index (χ1) is 8.65. The molecule has 2 nitrogen and oxygen atoms in total. The van der Waals surface area contributed by atoms with Crippen molar-refractivity contribution >= 4 is 45.0 Å². The lowest BCUT2D eigenvalue weighted by Gasteiger charge is -2.06. The summed E-state index contributed by atoms with van der Waals surface area (Å²) in [5.74, 6) is 0.630. The Kier molecular flexibility index (Phi) is 7.71. The molecule has 1 amide bonds. The molecular formula is C13H16BrCl2NO. The second-order valence-electron chi connectivity index (χ2n) is 3.99. The Labute approximate surface area is 126 Å². The number of carbonyl (C=O) groups excluding carboxylic acids is 1. The van der Waals surface area contributed by atoms with E-state index in [4.69, 9.17) is 23.2 Å². The monoisotopic (exact) mass is 351 g/mol. The van der Waals surface area contributed by atoms with Crippen molar-refractivity contribution < 1.29 is 4.79 Å². The Morgan fingerprint density at radius 3 is 2.61 bits per heavy atom. The van der Waals surface area contributed by atoms with Crippen molar-refractivity contribution in [2.24, 2.45) is 0 Å². The van der Waals surface area contributed by atoms with Gasteiger partial charge < -0.3 is 5.32 Å². The number of amides is 1. The van der Waals surface area contributed by atoms with E-state index in [9.17, 15) is 4.79 Å². The topological polar surface area (TPSA) is 29.1 Å². The van der Waals surface area contributed by atoms with Gasteiger partial charge in [0.15, 0.2) is 0 Å². The van der Waals surface area contributed by atoms with Crippen molar-refractivity contribution in [3.05, 3.63) is 33.3 Å². The normalized spacial score (nSPS) is 10.4. The van der Waals surface area contributed by atoms with Gasteiger partial charge in [0.05, 0.1) is 5.02 Å². The minimum atomic E-state index is -0.0817. The molecule has 1 aromatic carbocycles. The summed E-state index contributed by atoms with van der Waals surface area (Å²) < 4.78 is 0.793. The van der Waals surface area contributed by atoms with Crippen LogP contribution in [0.2, 0.25) is 5.02 Å². The van der Waals surface area contributed by atoms with Crippen LogP contribution in [0, 0.1) is 0 Å². The maximum atomic E-state index is 11.8. The average Bonchev–Trinajstić information content (AvgIpc) is 2.36. The molecule has 0 heterocycles.